The first-order chi connectivity index (χ1) is 4.20. The van der Waals surface area contributed by atoms with Crippen molar-refractivity contribution in [3.8, 4) is 0 Å². The molecule has 0 rings (SSSR count). The van der Waals surface area contributed by atoms with E-state index >= 15 is 0 Å². The Morgan fingerprint density at radius 1 is 1.44 bits per heavy atom. The van der Waals surface area contributed by atoms with Crippen LogP contribution < -0.4 is 0 Å². The maximum atomic E-state index is 4.26. The van der Waals surface area contributed by atoms with Crippen molar-refractivity contribution >= 4 is 5.71 Å². The van der Waals surface area contributed by atoms with Crippen LogP contribution in [0.15, 0.2) is 5.10 Å². The zero-order chi connectivity index (χ0) is 7.28. The molecule has 0 fully saturated rings. The van der Waals surface area contributed by atoms with E-state index in [9.17, 15) is 0 Å². The van der Waals surface area contributed by atoms with Crippen molar-refractivity contribution in [1.82, 2.24) is 5.01 Å². The number of hydrogen-bond donors (Lipinski definition) is 0. The van der Waals surface area contributed by atoms with Gasteiger partial charge in [0.15, 0.2) is 0 Å². The van der Waals surface area contributed by atoms with Crippen LogP contribution in [-0.2, 0) is 0 Å². The fourth-order valence-corrected chi connectivity index (χ4v) is 0.433. The largest absolute Gasteiger partial charge is 0.300 e. The van der Waals surface area contributed by atoms with Crippen LogP contribution in [-0.4, -0.2) is 24.3 Å². The molecule has 0 aliphatic rings. The average molecular weight is 128 g/mol. The maximum Gasteiger partial charge on any atom is 0.0347 e. The summed E-state index contributed by atoms with van der Waals surface area (Å²) in [5.41, 5.74) is 1.19. The predicted molar refractivity (Wildman–Crippen MR) is 41.7 cm³/mol. The topological polar surface area (TPSA) is 15.6 Å². The van der Waals surface area contributed by atoms with Crippen LogP contribution in [0.4, 0.5) is 0 Å². The molecule has 0 unspecified atom stereocenters. The first-order valence-electron chi connectivity index (χ1n) is 3.45. The van der Waals surface area contributed by atoms with E-state index in [2.05, 4.69) is 18.9 Å². The van der Waals surface area contributed by atoms with Gasteiger partial charge in [0.1, 0.15) is 0 Å². The molecule has 0 amide bonds. The molecule has 54 valence electrons. The minimum absolute atomic E-state index is 0.983. The summed E-state index contributed by atoms with van der Waals surface area (Å²) in [5.74, 6) is 0. The normalized spacial score (nSPS) is 11.8. The molecule has 0 aromatic heterocycles. The second-order valence-electron chi connectivity index (χ2n) is 2.16. The van der Waals surface area contributed by atoms with Gasteiger partial charge in [0, 0.05) is 19.3 Å². The molecule has 2 nitrogen and oxygen atoms in total. The number of rotatable bonds is 3. The molecule has 2 heteroatoms. The second kappa shape index (κ2) is 4.36. The number of hydrogen-bond acceptors (Lipinski definition) is 2. The Balaban J connectivity index is 3.64. The van der Waals surface area contributed by atoms with Crippen LogP contribution in [0.25, 0.3) is 0 Å². The Morgan fingerprint density at radius 2 is 2.00 bits per heavy atom. The zero-order valence-electron chi connectivity index (χ0n) is 6.81. The summed E-state index contributed by atoms with van der Waals surface area (Å²) in [4.78, 5) is 0. The lowest BCUT2D eigenvalue weighted by atomic mass is 10.3. The molecular weight excluding hydrogens is 112 g/mol. The van der Waals surface area contributed by atoms with Crippen LogP contribution in [0.1, 0.15) is 27.2 Å². The molecule has 0 radical (unpaired) electrons. The fourth-order valence-electron chi connectivity index (χ4n) is 0.433. The predicted octanol–water partition coefficient (Wildman–Crippen LogP) is 1.72. The van der Waals surface area contributed by atoms with Gasteiger partial charge in [-0.3, -0.25) is 0 Å². The summed E-state index contributed by atoms with van der Waals surface area (Å²) in [6, 6.07) is 0. The summed E-state index contributed by atoms with van der Waals surface area (Å²) in [5, 5.41) is 6.21. The lowest BCUT2D eigenvalue weighted by Gasteiger charge is -2.09. The molecular formula is C7H16N2. The van der Waals surface area contributed by atoms with Crippen LogP contribution >= 0.6 is 0 Å². The van der Waals surface area contributed by atoms with Gasteiger partial charge in [-0.05, 0) is 20.3 Å². The molecule has 9 heavy (non-hydrogen) atoms. The quantitative estimate of drug-likeness (QED) is 0.417. The second-order valence-corrected chi connectivity index (χ2v) is 2.16. The number of nitrogens with zero attached hydrogens (tertiary/aromatic N) is 2. The third-order valence-electron chi connectivity index (χ3n) is 1.31. The van der Waals surface area contributed by atoms with Crippen LogP contribution in [0.5, 0.6) is 0 Å². The lowest BCUT2D eigenvalue weighted by Crippen LogP contribution is -2.11. The highest BCUT2D eigenvalue weighted by Crippen LogP contribution is 1.87. The number of hydrazone groups is 1. The van der Waals surface area contributed by atoms with Gasteiger partial charge in [0.25, 0.3) is 0 Å². The van der Waals surface area contributed by atoms with Crippen molar-refractivity contribution in [3.05, 3.63) is 0 Å². The van der Waals surface area contributed by atoms with Crippen LogP contribution in [0.3, 0.4) is 0 Å². The Kier molecular flexibility index (Phi) is 4.10. The van der Waals surface area contributed by atoms with Gasteiger partial charge >= 0.3 is 0 Å². The minimum Gasteiger partial charge on any atom is -0.300 e. The first-order valence-corrected chi connectivity index (χ1v) is 3.45. The van der Waals surface area contributed by atoms with Gasteiger partial charge in [0.05, 0.1) is 0 Å². The Hall–Kier alpha value is -0.530. The highest BCUT2D eigenvalue weighted by molar-refractivity contribution is 5.81. The van der Waals surface area contributed by atoms with E-state index in [1.165, 1.54) is 5.71 Å². The van der Waals surface area contributed by atoms with Crippen LogP contribution in [0.2, 0.25) is 0 Å². The summed E-state index contributed by atoms with van der Waals surface area (Å²) in [6.45, 7) is 7.23. The molecule has 0 spiro atoms. The summed E-state index contributed by atoms with van der Waals surface area (Å²) in [6.07, 6.45) is 1.05. The molecule has 0 saturated carbocycles. The maximum absolute atomic E-state index is 4.26. The summed E-state index contributed by atoms with van der Waals surface area (Å²) in [7, 11) is 1.99. The first kappa shape index (κ1) is 8.47. The Labute approximate surface area is 57.6 Å². The molecule has 0 aromatic rings. The van der Waals surface area contributed by atoms with E-state index < -0.39 is 0 Å². The van der Waals surface area contributed by atoms with Crippen molar-refractivity contribution < 1.29 is 0 Å². The van der Waals surface area contributed by atoms with Gasteiger partial charge in [-0.25, -0.2) is 0 Å². The summed E-state index contributed by atoms with van der Waals surface area (Å²) < 4.78 is 0. The minimum atomic E-state index is 0.983. The van der Waals surface area contributed by atoms with E-state index in [4.69, 9.17) is 0 Å². The standard InChI is InChI=1S/C7H16N2/c1-5-7(3)8-9(4)6-2/h5-6H2,1-4H3/b8-7+. The molecule has 0 atom stereocenters. The van der Waals surface area contributed by atoms with Crippen molar-refractivity contribution in [2.45, 2.75) is 27.2 Å². The van der Waals surface area contributed by atoms with Gasteiger partial charge in [-0.1, -0.05) is 6.92 Å². The molecule has 0 N–H and O–H groups in total. The third kappa shape index (κ3) is 4.01. The van der Waals surface area contributed by atoms with Crippen molar-refractivity contribution in [3.63, 3.8) is 0 Å². The van der Waals surface area contributed by atoms with Crippen molar-refractivity contribution in [2.24, 2.45) is 5.10 Å². The van der Waals surface area contributed by atoms with Gasteiger partial charge in [0.2, 0.25) is 0 Å². The highest BCUT2D eigenvalue weighted by Gasteiger charge is 1.87. The van der Waals surface area contributed by atoms with E-state index in [0.717, 1.165) is 13.0 Å². The van der Waals surface area contributed by atoms with Gasteiger partial charge < -0.3 is 5.01 Å². The highest BCUT2D eigenvalue weighted by atomic mass is 15.4. The van der Waals surface area contributed by atoms with E-state index in [-0.39, 0.29) is 0 Å². The molecule has 0 aliphatic carbocycles. The van der Waals surface area contributed by atoms with Crippen molar-refractivity contribution in [1.29, 1.82) is 0 Å². The lowest BCUT2D eigenvalue weighted by molar-refractivity contribution is 0.374. The summed E-state index contributed by atoms with van der Waals surface area (Å²) >= 11 is 0. The smallest absolute Gasteiger partial charge is 0.0347 e. The zero-order valence-corrected chi connectivity index (χ0v) is 6.81. The molecule has 0 aliphatic heterocycles. The van der Waals surface area contributed by atoms with Gasteiger partial charge in [-0.2, -0.15) is 5.10 Å². The Bertz CT molecular complexity index is 97.1. The molecule has 0 bridgehead atoms. The van der Waals surface area contributed by atoms with E-state index in [0.29, 0.717) is 0 Å². The van der Waals surface area contributed by atoms with Crippen LogP contribution in [0, 0.1) is 0 Å². The van der Waals surface area contributed by atoms with E-state index in [1.54, 1.807) is 0 Å². The third-order valence-corrected chi connectivity index (χ3v) is 1.31. The fraction of sp³-hybridized carbons (Fsp3) is 0.857. The molecule has 0 heterocycles. The monoisotopic (exact) mass is 128 g/mol. The van der Waals surface area contributed by atoms with Gasteiger partial charge in [-0.15, -0.1) is 0 Å². The van der Waals surface area contributed by atoms with E-state index in [1.807, 2.05) is 19.0 Å². The average Bonchev–Trinajstić information content (AvgIpc) is 1.87. The molecule has 0 aromatic carbocycles. The van der Waals surface area contributed by atoms with Crippen molar-refractivity contribution in [2.75, 3.05) is 13.6 Å². The Morgan fingerprint density at radius 3 is 2.33 bits per heavy atom. The molecule has 0 saturated heterocycles. The SMILES string of the molecule is CC/C(C)=N/N(C)CC.